The van der Waals surface area contributed by atoms with Gasteiger partial charge >= 0.3 is 0 Å². The molecule has 8 nitrogen and oxygen atoms in total. The highest BCUT2D eigenvalue weighted by Crippen LogP contribution is 2.45. The average molecular weight is 547 g/mol. The highest BCUT2D eigenvalue weighted by atomic mass is 16.5. The van der Waals surface area contributed by atoms with E-state index in [9.17, 15) is 20.4 Å². The second-order valence-corrected chi connectivity index (χ2v) is 9.92. The van der Waals surface area contributed by atoms with Gasteiger partial charge < -0.3 is 39.4 Å². The van der Waals surface area contributed by atoms with E-state index in [1.807, 2.05) is 27.7 Å². The molecule has 0 fully saturated rings. The minimum atomic E-state index is -0.292. The number of hydrogen-bond acceptors (Lipinski definition) is 8. The van der Waals surface area contributed by atoms with E-state index in [0.29, 0.717) is 44.2 Å². The molecule has 0 aliphatic carbocycles. The molecule has 4 N–H and O–H groups in total. The van der Waals surface area contributed by atoms with Gasteiger partial charge in [-0.1, -0.05) is 24.3 Å². The van der Waals surface area contributed by atoms with Gasteiger partial charge in [-0.2, -0.15) is 0 Å². The van der Waals surface area contributed by atoms with Crippen molar-refractivity contribution in [1.29, 1.82) is 0 Å². The van der Waals surface area contributed by atoms with Crippen LogP contribution in [0.4, 0.5) is 0 Å². The number of phenolic OH excluding ortho intramolecular Hbond substituents is 4. The second-order valence-electron chi connectivity index (χ2n) is 9.92. The molecule has 0 spiro atoms. The van der Waals surface area contributed by atoms with Crippen LogP contribution in [-0.4, -0.2) is 48.9 Å². The van der Waals surface area contributed by atoms with Crippen LogP contribution in [0.2, 0.25) is 0 Å². The molecule has 4 aromatic rings. The van der Waals surface area contributed by atoms with E-state index in [0.717, 1.165) is 11.1 Å². The summed E-state index contributed by atoms with van der Waals surface area (Å²) >= 11 is 0. The first-order valence-electron chi connectivity index (χ1n) is 12.5. The first kappa shape index (κ1) is 28.3. The number of aromatic hydroxyl groups is 4. The van der Waals surface area contributed by atoms with Gasteiger partial charge in [-0.3, -0.25) is 0 Å². The summed E-state index contributed by atoms with van der Waals surface area (Å²) in [6.07, 6.45) is 0. The van der Waals surface area contributed by atoms with Gasteiger partial charge in [0.1, 0.15) is 23.0 Å². The van der Waals surface area contributed by atoms with Crippen molar-refractivity contribution < 1.29 is 39.4 Å². The monoisotopic (exact) mass is 546 g/mol. The minimum Gasteiger partial charge on any atom is -0.507 e. The summed E-state index contributed by atoms with van der Waals surface area (Å²) in [4.78, 5) is 0. The Hall–Kier alpha value is -4.72. The molecule has 0 aliphatic heterocycles. The number of benzene rings is 4. The number of methoxy groups -OCH3 is 4. The molecular formula is C32H34O8. The molecule has 210 valence electrons. The predicted octanol–water partition coefficient (Wildman–Crippen LogP) is 3.72. The van der Waals surface area contributed by atoms with E-state index in [2.05, 4.69) is 13.2 Å². The Morgan fingerprint density at radius 3 is 1.12 bits per heavy atom. The molecule has 0 aliphatic rings. The van der Waals surface area contributed by atoms with Crippen molar-refractivity contribution in [3.8, 4) is 57.1 Å². The highest BCUT2D eigenvalue weighted by molar-refractivity contribution is 6.07. The second kappa shape index (κ2) is 10.1. The minimum absolute atomic E-state index is 0.00478. The zero-order chi connectivity index (χ0) is 29.8. The standard InChI is InChI=1S/C32H34O8/c1-13(2)21-25-17(11-19(37-7)31(21)39-9)29(35)23(15(5)27(25)33)24-16(6)28(34)26-18(30(24)36)12-20(38-8)32(40-10)22(26)14(3)4/h11-12,33-36H,5-6H2,1-4,7-10H3. The van der Waals surface area contributed by atoms with Crippen molar-refractivity contribution in [3.05, 3.63) is 33.0 Å². The fraction of sp³-hybridized carbons (Fsp3) is 0.250. The molecule has 0 radical (unpaired) electrons. The first-order chi connectivity index (χ1) is 18.9. The molecule has 4 rings (SSSR count). The van der Waals surface area contributed by atoms with Crippen molar-refractivity contribution in [2.45, 2.75) is 27.7 Å². The number of fused-ring (bicyclic) bond motifs is 2. The summed E-state index contributed by atoms with van der Waals surface area (Å²) in [5, 5.41) is 48.6. The van der Waals surface area contributed by atoms with Crippen LogP contribution in [-0.2, 0) is 0 Å². The topological polar surface area (TPSA) is 118 Å². The third-order valence-electron chi connectivity index (χ3n) is 7.22. The van der Waals surface area contributed by atoms with Crippen LogP contribution in [0.5, 0.6) is 46.0 Å². The SMILES string of the molecule is C=c1c(-c2c(O)c3cc(OC)c(OC)c(=C(C)C)c3c(O)c2=C)c(O)c2cc(OC)c(OC)c(=C(C)C)c2c1O. The molecule has 8 heteroatoms. The zero-order valence-corrected chi connectivity index (χ0v) is 24.0. The van der Waals surface area contributed by atoms with Gasteiger partial charge in [0.15, 0.2) is 23.0 Å². The number of phenols is 4. The van der Waals surface area contributed by atoms with E-state index in [1.165, 1.54) is 28.4 Å². The third-order valence-corrected chi connectivity index (χ3v) is 7.22. The lowest BCUT2D eigenvalue weighted by Gasteiger charge is -2.20. The lowest BCUT2D eigenvalue weighted by molar-refractivity contribution is 0.353. The van der Waals surface area contributed by atoms with Crippen molar-refractivity contribution in [1.82, 2.24) is 0 Å². The van der Waals surface area contributed by atoms with Gasteiger partial charge in [-0.15, -0.1) is 0 Å². The Kier molecular flexibility index (Phi) is 7.15. The van der Waals surface area contributed by atoms with E-state index in [-0.39, 0.29) is 55.3 Å². The van der Waals surface area contributed by atoms with E-state index in [1.54, 1.807) is 12.1 Å². The van der Waals surface area contributed by atoms with Gasteiger partial charge in [-0.25, -0.2) is 0 Å². The summed E-state index contributed by atoms with van der Waals surface area (Å²) in [6, 6.07) is 3.08. The molecule has 0 unspecified atom stereocenters. The number of ether oxygens (including phenoxy) is 4. The van der Waals surface area contributed by atoms with Gasteiger partial charge in [0, 0.05) is 53.5 Å². The van der Waals surface area contributed by atoms with E-state index < -0.39 is 0 Å². The normalized spacial score (nSPS) is 11.1. The molecule has 0 saturated heterocycles. The molecule has 0 aromatic heterocycles. The van der Waals surface area contributed by atoms with E-state index in [4.69, 9.17) is 18.9 Å². The summed E-state index contributed by atoms with van der Waals surface area (Å²) in [5.41, 5.74) is 1.60. The zero-order valence-electron chi connectivity index (χ0n) is 24.0. The maximum absolute atomic E-state index is 11.7. The summed E-state index contributed by atoms with van der Waals surface area (Å²) in [7, 11) is 5.92. The van der Waals surface area contributed by atoms with Crippen molar-refractivity contribution >= 4 is 45.8 Å². The maximum atomic E-state index is 11.7. The van der Waals surface area contributed by atoms with Gasteiger partial charge in [0.05, 0.1) is 28.4 Å². The molecule has 0 saturated carbocycles. The Labute approximate surface area is 231 Å². The molecule has 4 aromatic carbocycles. The number of hydrogen-bond donors (Lipinski definition) is 4. The Morgan fingerprint density at radius 2 is 0.875 bits per heavy atom. The molecule has 0 atom stereocenters. The summed E-state index contributed by atoms with van der Waals surface area (Å²) < 4.78 is 22.3. The quantitative estimate of drug-likeness (QED) is 0.280. The fourth-order valence-electron chi connectivity index (χ4n) is 5.44. The van der Waals surface area contributed by atoms with Crippen LogP contribution >= 0.6 is 0 Å². The van der Waals surface area contributed by atoms with E-state index >= 15 is 0 Å². The van der Waals surface area contributed by atoms with Crippen LogP contribution in [0.15, 0.2) is 12.1 Å². The average Bonchev–Trinajstić information content (AvgIpc) is 2.93. The maximum Gasteiger partial charge on any atom is 0.168 e. The Morgan fingerprint density at radius 1 is 0.550 bits per heavy atom. The molecule has 0 heterocycles. The Balaban J connectivity index is 2.34. The molecule has 0 bridgehead atoms. The smallest absolute Gasteiger partial charge is 0.168 e. The Bertz CT molecular complexity index is 1800. The van der Waals surface area contributed by atoms with Crippen LogP contribution in [0.25, 0.3) is 57.0 Å². The molecular weight excluding hydrogens is 512 g/mol. The van der Waals surface area contributed by atoms with Crippen LogP contribution in [0.1, 0.15) is 27.7 Å². The van der Waals surface area contributed by atoms with Crippen molar-refractivity contribution in [2.75, 3.05) is 28.4 Å². The summed E-state index contributed by atoms with van der Waals surface area (Å²) in [5.74, 6) is 0.395. The lowest BCUT2D eigenvalue weighted by Crippen LogP contribution is -2.19. The lowest BCUT2D eigenvalue weighted by atomic mass is 9.90. The van der Waals surface area contributed by atoms with Gasteiger partial charge in [0.25, 0.3) is 0 Å². The first-order valence-corrected chi connectivity index (χ1v) is 12.5. The predicted molar refractivity (Wildman–Crippen MR) is 159 cm³/mol. The summed E-state index contributed by atoms with van der Waals surface area (Å²) in [6.45, 7) is 15.5. The van der Waals surface area contributed by atoms with Gasteiger partial charge in [-0.05, 0) is 39.8 Å². The largest absolute Gasteiger partial charge is 0.507 e. The highest BCUT2D eigenvalue weighted by Gasteiger charge is 2.26. The molecule has 0 amide bonds. The number of rotatable bonds is 5. The van der Waals surface area contributed by atoms with Crippen LogP contribution < -0.4 is 39.8 Å². The third kappa shape index (κ3) is 3.82. The fourth-order valence-corrected chi connectivity index (χ4v) is 5.44. The van der Waals surface area contributed by atoms with Crippen molar-refractivity contribution in [3.63, 3.8) is 0 Å². The van der Waals surface area contributed by atoms with Crippen LogP contribution in [0, 0.1) is 0 Å². The van der Waals surface area contributed by atoms with Crippen molar-refractivity contribution in [2.24, 2.45) is 0 Å². The van der Waals surface area contributed by atoms with Crippen LogP contribution in [0.3, 0.4) is 0 Å². The molecule has 40 heavy (non-hydrogen) atoms. The van der Waals surface area contributed by atoms with Gasteiger partial charge in [0.2, 0.25) is 0 Å².